The first-order valence-electron chi connectivity index (χ1n) is 6.01. The molecule has 104 valence electrons. The van der Waals surface area contributed by atoms with Gasteiger partial charge in [-0.25, -0.2) is 0 Å². The van der Waals surface area contributed by atoms with Gasteiger partial charge in [-0.3, -0.25) is 4.79 Å². The van der Waals surface area contributed by atoms with Crippen LogP contribution in [0.4, 0.5) is 0 Å². The van der Waals surface area contributed by atoms with Gasteiger partial charge >= 0.3 is 5.97 Å². The third-order valence-corrected chi connectivity index (χ3v) is 2.76. The summed E-state index contributed by atoms with van der Waals surface area (Å²) in [5.74, 6) is -0.192. The van der Waals surface area contributed by atoms with Gasteiger partial charge in [0.05, 0.1) is 6.61 Å². The topological polar surface area (TPSA) is 66.8 Å². The highest BCUT2D eigenvalue weighted by Gasteiger charge is 2.22. The van der Waals surface area contributed by atoms with Crippen molar-refractivity contribution in [2.75, 3.05) is 0 Å². The van der Waals surface area contributed by atoms with Gasteiger partial charge < -0.3 is 14.9 Å². The molecule has 0 spiro atoms. The fourth-order valence-electron chi connectivity index (χ4n) is 1.78. The van der Waals surface area contributed by atoms with Gasteiger partial charge in [0.1, 0.15) is 11.5 Å². The predicted molar refractivity (Wildman–Crippen MR) is 73.5 cm³/mol. The van der Waals surface area contributed by atoms with Crippen LogP contribution < -0.4 is 0 Å². The van der Waals surface area contributed by atoms with Crippen LogP contribution in [0.1, 0.15) is 44.4 Å². The molecule has 0 bridgehead atoms. The SMILES string of the molecule is C=C(OC(C)=O)c1cc(CO)c(O)c(C(C)(C)C)c1. The molecule has 19 heavy (non-hydrogen) atoms. The Bertz CT molecular complexity index is 510. The predicted octanol–water partition coefficient (Wildman–Crippen LogP) is 2.72. The van der Waals surface area contributed by atoms with E-state index in [4.69, 9.17) is 4.74 Å². The van der Waals surface area contributed by atoms with Crippen LogP contribution in [0.15, 0.2) is 18.7 Å². The molecule has 1 rings (SSSR count). The Morgan fingerprint density at radius 1 is 1.37 bits per heavy atom. The second-order valence-electron chi connectivity index (χ2n) is 5.46. The maximum atomic E-state index is 10.9. The Labute approximate surface area is 113 Å². The van der Waals surface area contributed by atoms with Gasteiger partial charge in [-0.2, -0.15) is 0 Å². The van der Waals surface area contributed by atoms with Crippen molar-refractivity contribution in [2.24, 2.45) is 0 Å². The Kier molecular flexibility index (Phi) is 4.37. The van der Waals surface area contributed by atoms with Crippen LogP contribution >= 0.6 is 0 Å². The van der Waals surface area contributed by atoms with Crippen molar-refractivity contribution in [3.8, 4) is 5.75 Å². The molecule has 0 heterocycles. The van der Waals surface area contributed by atoms with Gasteiger partial charge in [-0.05, 0) is 17.5 Å². The van der Waals surface area contributed by atoms with Crippen LogP contribution in [0, 0.1) is 0 Å². The molecular weight excluding hydrogens is 244 g/mol. The summed E-state index contributed by atoms with van der Waals surface area (Å²) in [5, 5.41) is 19.4. The van der Waals surface area contributed by atoms with Gasteiger partial charge in [0.15, 0.2) is 0 Å². The van der Waals surface area contributed by atoms with Crippen molar-refractivity contribution in [1.29, 1.82) is 0 Å². The second-order valence-corrected chi connectivity index (χ2v) is 5.46. The molecule has 0 saturated carbocycles. The number of esters is 1. The van der Waals surface area contributed by atoms with Crippen molar-refractivity contribution >= 4 is 11.7 Å². The van der Waals surface area contributed by atoms with E-state index in [2.05, 4.69) is 6.58 Å². The number of carbonyl (C=O) groups is 1. The molecule has 0 radical (unpaired) electrons. The van der Waals surface area contributed by atoms with E-state index in [0.717, 1.165) is 0 Å². The number of ether oxygens (including phenoxy) is 1. The van der Waals surface area contributed by atoms with Crippen molar-refractivity contribution in [1.82, 2.24) is 0 Å². The van der Waals surface area contributed by atoms with Gasteiger partial charge in [0.25, 0.3) is 0 Å². The summed E-state index contributed by atoms with van der Waals surface area (Å²) in [6.07, 6.45) is 0. The first kappa shape index (κ1) is 15.2. The van der Waals surface area contributed by atoms with E-state index in [1.807, 2.05) is 20.8 Å². The normalized spacial score (nSPS) is 11.2. The summed E-state index contributed by atoms with van der Waals surface area (Å²) in [6, 6.07) is 3.29. The standard InChI is InChI=1S/C15H20O4/c1-9(19-10(2)17)11-6-12(8-16)14(18)13(7-11)15(3,4)5/h6-7,16,18H,1,8H2,2-5H3. The van der Waals surface area contributed by atoms with E-state index < -0.39 is 5.97 Å². The molecule has 2 N–H and O–H groups in total. The van der Waals surface area contributed by atoms with Crippen LogP contribution in [-0.4, -0.2) is 16.2 Å². The zero-order chi connectivity index (χ0) is 14.8. The molecule has 1 aromatic rings. The number of aliphatic hydroxyl groups excluding tert-OH is 1. The highest BCUT2D eigenvalue weighted by Crippen LogP contribution is 2.36. The molecule has 1 aromatic carbocycles. The minimum Gasteiger partial charge on any atom is -0.507 e. The number of hydrogen-bond acceptors (Lipinski definition) is 4. The van der Waals surface area contributed by atoms with E-state index in [0.29, 0.717) is 16.7 Å². The smallest absolute Gasteiger partial charge is 0.308 e. The molecular formula is C15H20O4. The summed E-state index contributed by atoms with van der Waals surface area (Å²) in [7, 11) is 0. The first-order valence-corrected chi connectivity index (χ1v) is 6.01. The van der Waals surface area contributed by atoms with E-state index >= 15 is 0 Å². The van der Waals surface area contributed by atoms with Crippen molar-refractivity contribution in [3.05, 3.63) is 35.4 Å². The number of aliphatic hydroxyl groups is 1. The van der Waals surface area contributed by atoms with Gasteiger partial charge in [-0.15, -0.1) is 0 Å². The number of carbonyl (C=O) groups excluding carboxylic acids is 1. The van der Waals surface area contributed by atoms with E-state index in [1.165, 1.54) is 6.92 Å². The Morgan fingerprint density at radius 2 is 1.95 bits per heavy atom. The third kappa shape index (κ3) is 3.58. The first-order chi connectivity index (χ1) is 8.66. The van der Waals surface area contributed by atoms with E-state index in [9.17, 15) is 15.0 Å². The summed E-state index contributed by atoms with van der Waals surface area (Å²) >= 11 is 0. The molecule has 0 saturated heterocycles. The summed E-state index contributed by atoms with van der Waals surface area (Å²) in [5.41, 5.74) is 1.32. The molecule has 0 aliphatic heterocycles. The molecule has 4 nitrogen and oxygen atoms in total. The fraction of sp³-hybridized carbons (Fsp3) is 0.400. The number of phenols is 1. The monoisotopic (exact) mass is 264 g/mol. The summed E-state index contributed by atoms with van der Waals surface area (Å²) in [4.78, 5) is 10.9. The summed E-state index contributed by atoms with van der Waals surface area (Å²) < 4.78 is 4.95. The highest BCUT2D eigenvalue weighted by molar-refractivity contribution is 5.76. The van der Waals surface area contributed by atoms with E-state index in [1.54, 1.807) is 12.1 Å². The second kappa shape index (κ2) is 5.45. The Hall–Kier alpha value is -1.81. The van der Waals surface area contributed by atoms with Crippen LogP contribution in [0.3, 0.4) is 0 Å². The maximum absolute atomic E-state index is 10.9. The molecule has 0 aromatic heterocycles. The lowest BCUT2D eigenvalue weighted by atomic mass is 9.84. The van der Waals surface area contributed by atoms with Crippen molar-refractivity contribution in [3.63, 3.8) is 0 Å². The van der Waals surface area contributed by atoms with Gasteiger partial charge in [-0.1, -0.05) is 27.4 Å². The maximum Gasteiger partial charge on any atom is 0.308 e. The molecule has 0 fully saturated rings. The lowest BCUT2D eigenvalue weighted by Crippen LogP contribution is -2.13. The number of hydrogen-bond donors (Lipinski definition) is 2. The van der Waals surface area contributed by atoms with Crippen LogP contribution in [-0.2, 0) is 21.6 Å². The average Bonchev–Trinajstić information content (AvgIpc) is 2.26. The Balaban J connectivity index is 3.36. The number of aromatic hydroxyl groups is 1. The zero-order valence-electron chi connectivity index (χ0n) is 11.8. The van der Waals surface area contributed by atoms with Gasteiger partial charge in [0.2, 0.25) is 0 Å². The number of rotatable bonds is 3. The van der Waals surface area contributed by atoms with Gasteiger partial charge in [0, 0.05) is 23.6 Å². The lowest BCUT2D eigenvalue weighted by molar-refractivity contribution is -0.134. The average molecular weight is 264 g/mol. The fourth-order valence-corrected chi connectivity index (χ4v) is 1.78. The zero-order valence-corrected chi connectivity index (χ0v) is 11.8. The molecule has 0 amide bonds. The van der Waals surface area contributed by atoms with Crippen molar-refractivity contribution < 1.29 is 19.7 Å². The van der Waals surface area contributed by atoms with Crippen LogP contribution in [0.5, 0.6) is 5.75 Å². The molecule has 0 unspecified atom stereocenters. The molecule has 4 heteroatoms. The minimum absolute atomic E-state index is 0.0642. The van der Waals surface area contributed by atoms with E-state index in [-0.39, 0.29) is 23.5 Å². The van der Waals surface area contributed by atoms with Crippen LogP contribution in [0.25, 0.3) is 5.76 Å². The highest BCUT2D eigenvalue weighted by atomic mass is 16.5. The largest absolute Gasteiger partial charge is 0.507 e. The lowest BCUT2D eigenvalue weighted by Gasteiger charge is -2.23. The summed E-state index contributed by atoms with van der Waals surface area (Å²) in [6.45, 7) is 10.5. The Morgan fingerprint density at radius 3 is 2.37 bits per heavy atom. The molecule has 0 aliphatic carbocycles. The molecule has 0 aliphatic rings. The van der Waals surface area contributed by atoms with Crippen molar-refractivity contribution in [2.45, 2.75) is 39.7 Å². The third-order valence-electron chi connectivity index (χ3n) is 2.76. The quantitative estimate of drug-likeness (QED) is 0.650. The minimum atomic E-state index is -0.457. The number of benzene rings is 1. The van der Waals surface area contributed by atoms with Crippen LogP contribution in [0.2, 0.25) is 0 Å². The molecule has 0 atom stereocenters.